The fourth-order valence-electron chi connectivity index (χ4n) is 3.37. The molecule has 7 atom stereocenters. The van der Waals surface area contributed by atoms with Crippen LogP contribution in [0.2, 0.25) is 0 Å². The van der Waals surface area contributed by atoms with E-state index in [2.05, 4.69) is 30.2 Å². The Hall–Kier alpha value is -1.62. The van der Waals surface area contributed by atoms with Crippen LogP contribution >= 0.6 is 23.5 Å². The van der Waals surface area contributed by atoms with Gasteiger partial charge in [0.05, 0.1) is 6.33 Å². The van der Waals surface area contributed by atoms with Crippen LogP contribution in [0.25, 0.3) is 11.2 Å². The van der Waals surface area contributed by atoms with Crippen molar-refractivity contribution in [3.8, 4) is 5.88 Å². The first kappa shape index (κ1) is 28.9. The van der Waals surface area contributed by atoms with Gasteiger partial charge in [-0.3, -0.25) is 9.09 Å². The predicted octanol–water partition coefficient (Wildman–Crippen LogP) is 0.0752. The second-order valence-electron chi connectivity index (χ2n) is 8.14. The van der Waals surface area contributed by atoms with Crippen molar-refractivity contribution in [2.45, 2.75) is 44.5 Å². The Morgan fingerprint density at radius 2 is 1.72 bits per heavy atom. The van der Waals surface area contributed by atoms with Crippen molar-refractivity contribution in [1.29, 1.82) is 0 Å². The van der Waals surface area contributed by atoms with E-state index in [1.807, 2.05) is 0 Å². The number of aliphatic hydroxyl groups excluding tert-OH is 2. The van der Waals surface area contributed by atoms with E-state index >= 15 is 0 Å². The zero-order valence-electron chi connectivity index (χ0n) is 18.4. The molecule has 0 spiro atoms. The normalized spacial score (nSPS) is 27.4. The van der Waals surface area contributed by atoms with Crippen LogP contribution in [0.15, 0.2) is 25.3 Å². The van der Waals surface area contributed by atoms with Crippen LogP contribution in [-0.4, -0.2) is 78.8 Å². The lowest BCUT2D eigenvalue weighted by Crippen LogP contribution is -2.46. The number of aliphatic hydroxyl groups is 2. The first-order valence-corrected chi connectivity index (χ1v) is 14.2. The third kappa shape index (κ3) is 6.26. The first-order valence-electron chi connectivity index (χ1n) is 9.71. The van der Waals surface area contributed by atoms with Crippen LogP contribution in [0.4, 0.5) is 0 Å². The summed E-state index contributed by atoms with van der Waals surface area (Å²) in [5.74, 6) is -0.471. The highest BCUT2D eigenvalue weighted by molar-refractivity contribution is 7.66. The number of aromatic hydroxyl groups is 1. The Morgan fingerprint density at radius 3 is 2.31 bits per heavy atom. The minimum Gasteiger partial charge on any atom is -0.492 e. The Balaban J connectivity index is 1.93. The number of phosphoric ester groups is 1. The Morgan fingerprint density at radius 1 is 1.08 bits per heavy atom. The monoisotopic (exact) mass is 576 g/mol. The van der Waals surface area contributed by atoms with Gasteiger partial charge in [0.25, 0.3) is 0 Å². The largest absolute Gasteiger partial charge is 0.492 e. The lowest BCUT2D eigenvalue weighted by molar-refractivity contribution is -0.105. The molecule has 0 bridgehead atoms. The number of imidazole rings is 1. The molecule has 3 unspecified atom stereocenters. The summed E-state index contributed by atoms with van der Waals surface area (Å²) in [6.07, 6.45) is -4.95. The lowest BCUT2D eigenvalue weighted by atomic mass is 9.82. The summed E-state index contributed by atoms with van der Waals surface area (Å²) in [5.41, 5.74) is -1.41. The minimum absolute atomic E-state index is 0.00631. The summed E-state index contributed by atoms with van der Waals surface area (Å²) in [7, 11) is -17.1. The summed E-state index contributed by atoms with van der Waals surface area (Å²) in [4.78, 5) is 48.3. The van der Waals surface area contributed by atoms with E-state index in [-0.39, 0.29) is 11.2 Å². The van der Waals surface area contributed by atoms with Crippen LogP contribution in [-0.2, 0) is 31.6 Å². The third-order valence-corrected chi connectivity index (χ3v) is 8.93. The fraction of sp³-hybridized carbons (Fsp3) is 0.533. The minimum atomic E-state index is -5.83. The molecule has 0 amide bonds. The molecule has 2 aromatic heterocycles. The van der Waals surface area contributed by atoms with Crippen molar-refractivity contribution < 1.29 is 66.5 Å². The Bertz CT molecular complexity index is 1280. The van der Waals surface area contributed by atoms with E-state index in [0.29, 0.717) is 0 Å². The molecule has 36 heavy (non-hydrogen) atoms. The topological polar surface area (TPSA) is 273 Å². The fourth-order valence-corrected chi connectivity index (χ4v) is 6.71. The molecule has 7 N–H and O–H groups in total. The van der Waals surface area contributed by atoms with Gasteiger partial charge in [0.2, 0.25) is 5.88 Å². The van der Waals surface area contributed by atoms with Crippen LogP contribution in [0, 0.1) is 5.41 Å². The second kappa shape index (κ2) is 9.93. The van der Waals surface area contributed by atoms with Crippen LogP contribution in [0.1, 0.15) is 20.1 Å². The van der Waals surface area contributed by atoms with Crippen LogP contribution < -0.4 is 0 Å². The molecule has 2 aromatic rings. The average molecular weight is 576 g/mol. The molecule has 0 aliphatic carbocycles. The number of hydrogen-bond acceptors (Lipinski definition) is 13. The molecule has 3 heterocycles. The van der Waals surface area contributed by atoms with Gasteiger partial charge in [0, 0.05) is 5.41 Å². The van der Waals surface area contributed by atoms with E-state index in [0.717, 1.165) is 17.2 Å². The van der Waals surface area contributed by atoms with Crippen molar-refractivity contribution in [2.75, 3.05) is 0 Å². The van der Waals surface area contributed by atoms with E-state index < -0.39 is 65.4 Å². The quantitative estimate of drug-likeness (QED) is 0.146. The molecule has 1 aliphatic heterocycles. The van der Waals surface area contributed by atoms with Crippen molar-refractivity contribution in [3.05, 3.63) is 25.3 Å². The van der Waals surface area contributed by atoms with Gasteiger partial charge < -0.3 is 39.6 Å². The zero-order chi connectivity index (χ0) is 27.3. The number of fused-ring (bicyclic) bond motifs is 1. The summed E-state index contributed by atoms with van der Waals surface area (Å²) in [5, 5.41) is 31.2. The Kier molecular flexibility index (Phi) is 7.98. The lowest BCUT2D eigenvalue weighted by Gasteiger charge is -2.36. The zero-order valence-corrected chi connectivity index (χ0v) is 21.1. The Labute approximate surface area is 202 Å². The van der Waals surface area contributed by atoms with E-state index in [1.54, 1.807) is 0 Å². The van der Waals surface area contributed by atoms with Gasteiger partial charge in [-0.2, -0.15) is 13.6 Å². The molecule has 0 radical (unpaired) electrons. The van der Waals surface area contributed by atoms with E-state index in [4.69, 9.17) is 19.0 Å². The maximum Gasteiger partial charge on any atom is 0.490 e. The predicted molar refractivity (Wildman–Crippen MR) is 116 cm³/mol. The molecule has 0 saturated carbocycles. The number of phosphoric acid groups is 3. The van der Waals surface area contributed by atoms with Crippen LogP contribution in [0.3, 0.4) is 0 Å². The first-order chi connectivity index (χ1) is 16.4. The number of rotatable bonds is 10. The average Bonchev–Trinajstić information content (AvgIpc) is 3.26. The van der Waals surface area contributed by atoms with Gasteiger partial charge in [-0.1, -0.05) is 19.9 Å². The number of ether oxygens (including phenoxy) is 1. The van der Waals surface area contributed by atoms with E-state index in [1.165, 1.54) is 19.9 Å². The molecule has 202 valence electrons. The van der Waals surface area contributed by atoms with Gasteiger partial charge in [0.15, 0.2) is 17.4 Å². The molecule has 1 aliphatic rings. The van der Waals surface area contributed by atoms with Crippen molar-refractivity contribution >= 4 is 34.6 Å². The molecular weight excluding hydrogens is 553 g/mol. The summed E-state index contributed by atoms with van der Waals surface area (Å²) < 4.78 is 54.4. The maximum absolute atomic E-state index is 12.5. The number of aromatic nitrogens is 4. The van der Waals surface area contributed by atoms with E-state index in [9.17, 15) is 38.8 Å². The third-order valence-electron chi connectivity index (χ3n) is 5.11. The molecule has 3 rings (SSSR count). The molecule has 1 saturated heterocycles. The molecule has 18 nitrogen and oxygen atoms in total. The van der Waals surface area contributed by atoms with Gasteiger partial charge in [-0.05, 0) is 0 Å². The molecule has 21 heteroatoms. The number of hydrogen-bond donors (Lipinski definition) is 7. The van der Waals surface area contributed by atoms with Gasteiger partial charge >= 0.3 is 23.5 Å². The highest BCUT2D eigenvalue weighted by Crippen LogP contribution is 2.67. The summed E-state index contributed by atoms with van der Waals surface area (Å²) >= 11 is 0. The molecular formula is C15H23N4O14P3. The standard InChI is InChI=1S/C15H23N4O14P3/c1-4-15(2,3)11(31-35(26,27)33-36(28,29)32-34(23,24)25)10-8(20)9(21)14(30-10)19-6-18-7-12(19)16-5-17-13(7)22/h4-6,8-11,14,20-21H,1H2,2-3H3,(H,26,27)(H,28,29)(H,16,17,22)(H2,23,24,25)/t8-,9+,10-,11?,14+/m0/s1. The maximum atomic E-state index is 12.5. The van der Waals surface area contributed by atoms with Crippen LogP contribution in [0.5, 0.6) is 5.88 Å². The van der Waals surface area contributed by atoms with Crippen molar-refractivity contribution in [2.24, 2.45) is 5.41 Å². The highest BCUT2D eigenvalue weighted by Gasteiger charge is 2.54. The SMILES string of the molecule is C=CC(C)(C)C(OP(=O)(O)OP(=O)(O)OP(=O)(O)O)[C@H]1O[C@@H](n2cnc3c(O)ncnc32)[C@H](O)[C@@H]1O. The molecule has 1 fully saturated rings. The van der Waals surface area contributed by atoms with Gasteiger partial charge in [0.1, 0.15) is 30.7 Å². The highest BCUT2D eigenvalue weighted by atomic mass is 31.3. The smallest absolute Gasteiger partial charge is 0.490 e. The second-order valence-corrected chi connectivity index (χ2v) is 12.5. The van der Waals surface area contributed by atoms with Gasteiger partial charge in [-0.15, -0.1) is 6.58 Å². The summed E-state index contributed by atoms with van der Waals surface area (Å²) in [6, 6.07) is 0. The molecule has 0 aromatic carbocycles. The van der Waals surface area contributed by atoms with Crippen molar-refractivity contribution in [3.63, 3.8) is 0 Å². The van der Waals surface area contributed by atoms with Crippen molar-refractivity contribution in [1.82, 2.24) is 19.5 Å². The summed E-state index contributed by atoms with van der Waals surface area (Å²) in [6.45, 7) is 6.37. The number of nitrogens with zero attached hydrogens (tertiary/aromatic N) is 4. The van der Waals surface area contributed by atoms with Gasteiger partial charge in [-0.25, -0.2) is 23.7 Å².